The van der Waals surface area contributed by atoms with E-state index in [4.69, 9.17) is 13.3 Å². The summed E-state index contributed by atoms with van der Waals surface area (Å²) >= 11 is 0. The SMILES string of the molecule is CCCCCCCCCCCCCCCCCC[N+](C)(CCCCCCCCCC)CCC[Si](OCC(CO)(CO)NCCS(=O)(=O)O)(OCC(CO)(CO)NCCS(=O)(=O)O)OCC(CO)(CO)NCCS(=O)(=O)O. The number of hydrogen-bond donors (Lipinski definition) is 12. The smallest absolute Gasteiger partial charge is 0.394 e. The Morgan fingerprint density at radius 1 is 0.382 bits per heavy atom. The van der Waals surface area contributed by atoms with E-state index < -0.39 is 152 Å². The third kappa shape index (κ3) is 38.2. The quantitative estimate of drug-likeness (QED) is 0.0178. The first-order chi connectivity index (χ1) is 35.9. The van der Waals surface area contributed by atoms with Crippen LogP contribution in [0.4, 0.5) is 0 Å². The van der Waals surface area contributed by atoms with Crippen LogP contribution in [0.5, 0.6) is 0 Å². The Labute approximate surface area is 460 Å². The second-order valence-electron chi connectivity index (χ2n) is 21.6. The molecule has 26 heteroatoms. The first kappa shape index (κ1) is 75.4. The predicted octanol–water partition coefficient (Wildman–Crippen LogP) is 3.82. The zero-order valence-corrected chi connectivity index (χ0v) is 50.4. The number of nitrogens with zero attached hydrogens (tertiary/aromatic N) is 1. The van der Waals surface area contributed by atoms with E-state index in [1.165, 1.54) is 116 Å². The van der Waals surface area contributed by atoms with Gasteiger partial charge in [0.15, 0.2) is 0 Å². The van der Waals surface area contributed by atoms with Crippen molar-refractivity contribution in [2.45, 2.75) is 197 Å². The van der Waals surface area contributed by atoms with Gasteiger partial charge in [-0.05, 0) is 25.7 Å². The third-order valence-electron chi connectivity index (χ3n) is 14.4. The Morgan fingerprint density at radius 3 is 0.829 bits per heavy atom. The first-order valence-corrected chi connectivity index (χ1v) is 35.2. The van der Waals surface area contributed by atoms with Gasteiger partial charge in [0, 0.05) is 32.1 Å². The average Bonchev–Trinajstić information content (AvgIpc) is 3.36. The van der Waals surface area contributed by atoms with Gasteiger partial charge in [-0.3, -0.25) is 13.7 Å². The van der Waals surface area contributed by atoms with Crippen LogP contribution in [0, 0.1) is 0 Å². The van der Waals surface area contributed by atoms with Crippen LogP contribution in [0.1, 0.15) is 174 Å². The van der Waals surface area contributed by atoms with Gasteiger partial charge >= 0.3 is 8.80 Å². The number of nitrogens with one attached hydrogen (secondary N) is 3. The molecule has 0 saturated heterocycles. The van der Waals surface area contributed by atoms with E-state index in [0.717, 1.165) is 51.6 Å². The van der Waals surface area contributed by atoms with Crippen molar-refractivity contribution in [1.82, 2.24) is 16.0 Å². The molecule has 12 N–H and O–H groups in total. The summed E-state index contributed by atoms with van der Waals surface area (Å²) in [6.45, 7) is -1.52. The molecule has 22 nitrogen and oxygen atoms in total. The van der Waals surface area contributed by atoms with Crippen molar-refractivity contribution < 1.29 is 87.3 Å². The van der Waals surface area contributed by atoms with E-state index in [0.29, 0.717) is 17.4 Å². The van der Waals surface area contributed by atoms with E-state index >= 15 is 0 Å². The van der Waals surface area contributed by atoms with Gasteiger partial charge in [-0.1, -0.05) is 142 Å². The van der Waals surface area contributed by atoms with E-state index in [9.17, 15) is 69.6 Å². The standard InChI is InChI=1S/C50H108N4O18S3Si/c1-4-6-8-10-12-14-15-16-17-18-19-20-21-23-25-27-33-54(3,32-26-24-22-13-11-9-7-5-2)34-28-38-76(70-45-48(39-55,40-56)51-29-35-73(61,62)63,71-46-49(41-57,42-58)52-30-36-74(64,65)66)72-47-50(43-59,44-60)53-31-37-75(67,68)69/h51-53,55-60H,4-47H2,1-3H3,(H2-,61,62,63,64,65,66,67,68,69)/p+1. The molecule has 0 aromatic rings. The topological polar surface area (TPSA) is 348 Å². The van der Waals surface area contributed by atoms with Crippen LogP contribution >= 0.6 is 0 Å². The predicted molar refractivity (Wildman–Crippen MR) is 300 cm³/mol. The molecular weight excluding hydrogens is 1070 g/mol. The summed E-state index contributed by atoms with van der Waals surface area (Å²) in [5, 5.41) is 71.9. The molecule has 0 aromatic carbocycles. The van der Waals surface area contributed by atoms with Gasteiger partial charge in [-0.15, -0.1) is 0 Å². The van der Waals surface area contributed by atoms with Crippen LogP contribution < -0.4 is 16.0 Å². The fraction of sp³-hybridized carbons (Fsp3) is 1.00. The van der Waals surface area contributed by atoms with Crippen LogP contribution in [0.15, 0.2) is 0 Å². The van der Waals surface area contributed by atoms with Crippen molar-refractivity contribution in [2.75, 3.05) is 123 Å². The van der Waals surface area contributed by atoms with Crippen molar-refractivity contribution in [2.24, 2.45) is 0 Å². The van der Waals surface area contributed by atoms with Crippen molar-refractivity contribution in [1.29, 1.82) is 0 Å². The molecule has 0 rings (SSSR count). The summed E-state index contributed by atoms with van der Waals surface area (Å²) in [4.78, 5) is 0. The Bertz CT molecular complexity index is 1610. The number of aliphatic hydroxyl groups is 6. The largest absolute Gasteiger partial charge is 0.501 e. The monoisotopic (exact) mass is 1180 g/mol. The van der Waals surface area contributed by atoms with E-state index in [1.54, 1.807) is 0 Å². The fourth-order valence-electron chi connectivity index (χ4n) is 9.02. The van der Waals surface area contributed by atoms with Gasteiger partial charge in [0.1, 0.15) is 0 Å². The van der Waals surface area contributed by atoms with Crippen LogP contribution in [0.3, 0.4) is 0 Å². The average molecular weight is 1180 g/mol. The molecule has 0 aliphatic heterocycles. The van der Waals surface area contributed by atoms with Gasteiger partial charge in [-0.25, -0.2) is 0 Å². The maximum atomic E-state index is 11.6. The molecule has 0 amide bonds. The lowest BCUT2D eigenvalue weighted by Gasteiger charge is -2.41. The minimum absolute atomic E-state index is 0.0366. The zero-order chi connectivity index (χ0) is 57.4. The van der Waals surface area contributed by atoms with Crippen molar-refractivity contribution in [3.63, 3.8) is 0 Å². The van der Waals surface area contributed by atoms with Gasteiger partial charge < -0.3 is 64.4 Å². The number of hydrogen-bond acceptors (Lipinski definition) is 18. The maximum absolute atomic E-state index is 11.6. The highest BCUT2D eigenvalue weighted by atomic mass is 32.2. The second kappa shape index (κ2) is 42.3. The van der Waals surface area contributed by atoms with Crippen molar-refractivity contribution in [3.8, 4) is 0 Å². The normalized spacial score (nSPS) is 14.2. The summed E-state index contributed by atoms with van der Waals surface area (Å²) < 4.78 is 118. The minimum atomic E-state index is -4.49. The molecule has 0 bridgehead atoms. The Hall–Kier alpha value is -0.573. The van der Waals surface area contributed by atoms with Crippen LogP contribution in [-0.4, -0.2) is 222 Å². The number of unbranched alkanes of at least 4 members (excludes halogenated alkanes) is 22. The lowest BCUT2D eigenvalue weighted by molar-refractivity contribution is -0.910. The number of rotatable bonds is 57. The number of quaternary nitrogens is 1. The molecule has 0 spiro atoms. The Balaban J connectivity index is 6.83. The zero-order valence-electron chi connectivity index (χ0n) is 47.0. The lowest BCUT2D eigenvalue weighted by Crippen LogP contribution is -2.64. The molecule has 0 aliphatic rings. The molecule has 1 unspecified atom stereocenters. The van der Waals surface area contributed by atoms with Crippen molar-refractivity contribution >= 4 is 39.2 Å². The highest BCUT2D eigenvalue weighted by Crippen LogP contribution is 2.27. The maximum Gasteiger partial charge on any atom is 0.501 e. The molecule has 0 aliphatic carbocycles. The molecule has 0 radical (unpaired) electrons. The van der Waals surface area contributed by atoms with Crippen LogP contribution in [0.25, 0.3) is 0 Å². The molecular formula is C50H109N4O18S3Si+. The second-order valence-corrected chi connectivity index (χ2v) is 29.1. The van der Waals surface area contributed by atoms with E-state index in [1.807, 2.05) is 0 Å². The van der Waals surface area contributed by atoms with Gasteiger partial charge in [0.05, 0.1) is 120 Å². The molecule has 0 fully saturated rings. The molecule has 76 heavy (non-hydrogen) atoms. The van der Waals surface area contributed by atoms with E-state index in [2.05, 4.69) is 36.8 Å². The Morgan fingerprint density at radius 2 is 0.605 bits per heavy atom. The summed E-state index contributed by atoms with van der Waals surface area (Å²) in [6, 6.07) is -0.0366. The fourth-order valence-corrected chi connectivity index (χ4v) is 12.9. The van der Waals surface area contributed by atoms with E-state index in [-0.39, 0.29) is 6.04 Å². The highest BCUT2D eigenvalue weighted by molar-refractivity contribution is 7.86. The first-order valence-electron chi connectivity index (χ1n) is 28.4. The molecule has 0 heterocycles. The number of aliphatic hydroxyl groups excluding tert-OH is 6. The molecule has 0 saturated carbocycles. The summed E-state index contributed by atoms with van der Waals surface area (Å²) in [6.07, 6.45) is 29.5. The molecule has 0 aromatic heterocycles. The highest BCUT2D eigenvalue weighted by Gasteiger charge is 2.48. The molecule has 458 valence electrons. The third-order valence-corrected chi connectivity index (χ3v) is 19.3. The minimum Gasteiger partial charge on any atom is -0.394 e. The van der Waals surface area contributed by atoms with Gasteiger partial charge in [0.25, 0.3) is 30.4 Å². The lowest BCUT2D eigenvalue weighted by atomic mass is 10.0. The molecule has 1 atom stereocenters. The van der Waals surface area contributed by atoms with Gasteiger partial charge in [-0.2, -0.15) is 25.3 Å². The summed E-state index contributed by atoms with van der Waals surface area (Å²) in [7, 11) is -15.8. The van der Waals surface area contributed by atoms with Crippen LogP contribution in [0.2, 0.25) is 6.04 Å². The summed E-state index contributed by atoms with van der Waals surface area (Å²) in [5.41, 5.74) is -5.37. The Kier molecular flexibility index (Phi) is 42.0. The van der Waals surface area contributed by atoms with Crippen molar-refractivity contribution in [3.05, 3.63) is 0 Å². The van der Waals surface area contributed by atoms with Crippen LogP contribution in [-0.2, 0) is 43.6 Å². The van der Waals surface area contributed by atoms with Gasteiger partial charge in [0.2, 0.25) is 0 Å². The summed E-state index contributed by atoms with van der Waals surface area (Å²) in [5.74, 6) is -2.39.